The minimum atomic E-state index is 0.939. The van der Waals surface area contributed by atoms with E-state index in [9.17, 15) is 0 Å². The van der Waals surface area contributed by atoms with Crippen LogP contribution in [0.15, 0.2) is 36.7 Å². The van der Waals surface area contributed by atoms with Crippen LogP contribution in [-0.4, -0.2) is 9.97 Å². The lowest BCUT2D eigenvalue weighted by Gasteiger charge is -2.05. The number of hydrogen-bond acceptors (Lipinski definition) is 2. The Morgan fingerprint density at radius 1 is 0.929 bits per heavy atom. The first-order valence-corrected chi connectivity index (χ1v) is 4.62. The van der Waals surface area contributed by atoms with Crippen molar-refractivity contribution in [1.29, 1.82) is 0 Å². The van der Waals surface area contributed by atoms with Crippen molar-refractivity contribution in [3.8, 4) is 11.4 Å². The Hall–Kier alpha value is -1.70. The number of aryl methyl sites for hydroxylation is 1. The monoisotopic (exact) mass is 184 g/mol. The third kappa shape index (κ3) is 1.51. The molecule has 2 aromatic rings. The largest absolute Gasteiger partial charge is 0.255 e. The Bertz CT molecular complexity index is 435. The van der Waals surface area contributed by atoms with Crippen molar-refractivity contribution < 1.29 is 0 Å². The second-order valence-corrected chi connectivity index (χ2v) is 3.32. The summed E-state index contributed by atoms with van der Waals surface area (Å²) < 4.78 is 0. The second-order valence-electron chi connectivity index (χ2n) is 3.32. The molecule has 0 aromatic carbocycles. The zero-order valence-corrected chi connectivity index (χ0v) is 8.36. The van der Waals surface area contributed by atoms with Crippen LogP contribution in [0, 0.1) is 13.8 Å². The summed E-state index contributed by atoms with van der Waals surface area (Å²) in [5.41, 5.74) is 4.37. The smallest absolute Gasteiger partial charge is 0.0917 e. The van der Waals surface area contributed by atoms with Gasteiger partial charge < -0.3 is 0 Å². The molecule has 0 aliphatic carbocycles. The van der Waals surface area contributed by atoms with Crippen molar-refractivity contribution in [1.82, 2.24) is 9.97 Å². The van der Waals surface area contributed by atoms with E-state index in [1.807, 2.05) is 30.5 Å². The van der Waals surface area contributed by atoms with Gasteiger partial charge in [0, 0.05) is 12.4 Å². The Morgan fingerprint density at radius 2 is 1.79 bits per heavy atom. The highest BCUT2D eigenvalue weighted by molar-refractivity contribution is 5.59. The fourth-order valence-corrected chi connectivity index (χ4v) is 1.39. The summed E-state index contributed by atoms with van der Waals surface area (Å²) in [5, 5.41) is 0. The molecule has 0 aliphatic rings. The molecule has 0 spiro atoms. The molecule has 0 radical (unpaired) electrons. The molecule has 0 saturated carbocycles. The highest BCUT2D eigenvalue weighted by Gasteiger charge is 2.04. The summed E-state index contributed by atoms with van der Waals surface area (Å²) in [6, 6.07) is 7.89. The average Bonchev–Trinajstić information content (AvgIpc) is 2.23. The Kier molecular flexibility index (Phi) is 2.27. The molecule has 0 fully saturated rings. The lowest BCUT2D eigenvalue weighted by Crippen LogP contribution is -1.92. The molecule has 2 aromatic heterocycles. The molecule has 2 heterocycles. The molecule has 0 bridgehead atoms. The number of pyridine rings is 2. The normalized spacial score (nSPS) is 10.1. The van der Waals surface area contributed by atoms with Crippen LogP contribution in [0.25, 0.3) is 11.4 Å². The van der Waals surface area contributed by atoms with Crippen molar-refractivity contribution in [3.63, 3.8) is 0 Å². The fourth-order valence-electron chi connectivity index (χ4n) is 1.39. The van der Waals surface area contributed by atoms with Crippen LogP contribution in [0.3, 0.4) is 0 Å². The maximum Gasteiger partial charge on any atom is 0.0917 e. The summed E-state index contributed by atoms with van der Waals surface area (Å²) in [4.78, 5) is 8.64. The van der Waals surface area contributed by atoms with Gasteiger partial charge in [-0.1, -0.05) is 6.07 Å². The highest BCUT2D eigenvalue weighted by atomic mass is 14.8. The summed E-state index contributed by atoms with van der Waals surface area (Å²) in [5.74, 6) is 0. The Morgan fingerprint density at radius 3 is 2.50 bits per heavy atom. The molecule has 0 unspecified atom stereocenters. The minimum absolute atomic E-state index is 0.939. The highest BCUT2D eigenvalue weighted by Crippen LogP contribution is 2.19. The second kappa shape index (κ2) is 3.58. The van der Waals surface area contributed by atoms with E-state index in [-0.39, 0.29) is 0 Å². The summed E-state index contributed by atoms with van der Waals surface area (Å²) in [6.07, 6.45) is 3.62. The van der Waals surface area contributed by atoms with Crippen LogP contribution in [0.1, 0.15) is 11.1 Å². The van der Waals surface area contributed by atoms with E-state index in [1.54, 1.807) is 6.20 Å². The van der Waals surface area contributed by atoms with Crippen molar-refractivity contribution >= 4 is 0 Å². The molecule has 0 aliphatic heterocycles. The Labute approximate surface area is 83.7 Å². The van der Waals surface area contributed by atoms with Crippen LogP contribution >= 0.6 is 0 Å². The zero-order valence-electron chi connectivity index (χ0n) is 8.36. The summed E-state index contributed by atoms with van der Waals surface area (Å²) in [6.45, 7) is 4.16. The number of nitrogens with zero attached hydrogens (tertiary/aromatic N) is 2. The number of rotatable bonds is 1. The van der Waals surface area contributed by atoms with Gasteiger partial charge in [-0.25, -0.2) is 0 Å². The van der Waals surface area contributed by atoms with Gasteiger partial charge >= 0.3 is 0 Å². The van der Waals surface area contributed by atoms with E-state index in [0.717, 1.165) is 11.4 Å². The lowest BCUT2D eigenvalue weighted by atomic mass is 10.1. The van der Waals surface area contributed by atoms with Crippen molar-refractivity contribution in [2.75, 3.05) is 0 Å². The molecule has 0 amide bonds. The van der Waals surface area contributed by atoms with Gasteiger partial charge in [0.05, 0.1) is 11.4 Å². The molecular weight excluding hydrogens is 172 g/mol. The topological polar surface area (TPSA) is 25.8 Å². The maximum absolute atomic E-state index is 4.35. The fraction of sp³-hybridized carbons (Fsp3) is 0.167. The molecular formula is C12H12N2. The molecule has 2 rings (SSSR count). The predicted molar refractivity (Wildman–Crippen MR) is 56.9 cm³/mol. The van der Waals surface area contributed by atoms with Gasteiger partial charge in [0.2, 0.25) is 0 Å². The van der Waals surface area contributed by atoms with E-state index in [1.165, 1.54) is 11.1 Å². The SMILES string of the molecule is Cc1ccnc(-c2ccccn2)c1C. The van der Waals surface area contributed by atoms with Crippen molar-refractivity contribution in [2.45, 2.75) is 13.8 Å². The minimum Gasteiger partial charge on any atom is -0.255 e. The third-order valence-electron chi connectivity index (χ3n) is 2.38. The molecule has 0 N–H and O–H groups in total. The van der Waals surface area contributed by atoms with E-state index in [4.69, 9.17) is 0 Å². The molecule has 2 heteroatoms. The van der Waals surface area contributed by atoms with Crippen LogP contribution in [-0.2, 0) is 0 Å². The first-order valence-electron chi connectivity index (χ1n) is 4.62. The van der Waals surface area contributed by atoms with Gasteiger partial charge in [0.15, 0.2) is 0 Å². The van der Waals surface area contributed by atoms with Crippen molar-refractivity contribution in [3.05, 3.63) is 47.8 Å². The van der Waals surface area contributed by atoms with Gasteiger partial charge in [-0.05, 0) is 43.2 Å². The maximum atomic E-state index is 4.35. The Balaban J connectivity index is 2.58. The first kappa shape index (κ1) is 8.88. The average molecular weight is 184 g/mol. The van der Waals surface area contributed by atoms with Crippen molar-refractivity contribution in [2.24, 2.45) is 0 Å². The molecule has 0 saturated heterocycles. The van der Waals surface area contributed by atoms with Gasteiger partial charge in [0.25, 0.3) is 0 Å². The van der Waals surface area contributed by atoms with Gasteiger partial charge in [-0.2, -0.15) is 0 Å². The van der Waals surface area contributed by atoms with Crippen LogP contribution in [0.4, 0.5) is 0 Å². The standard InChI is InChI=1S/C12H12N2/c1-9-6-8-14-12(10(9)2)11-5-3-4-7-13-11/h3-8H,1-2H3. The van der Waals surface area contributed by atoms with E-state index < -0.39 is 0 Å². The molecule has 70 valence electrons. The predicted octanol–water partition coefficient (Wildman–Crippen LogP) is 2.76. The zero-order chi connectivity index (χ0) is 9.97. The molecule has 14 heavy (non-hydrogen) atoms. The third-order valence-corrected chi connectivity index (χ3v) is 2.38. The molecule has 2 nitrogen and oxygen atoms in total. The van der Waals surface area contributed by atoms with E-state index >= 15 is 0 Å². The van der Waals surface area contributed by atoms with E-state index in [0.29, 0.717) is 0 Å². The quantitative estimate of drug-likeness (QED) is 0.681. The molecule has 0 atom stereocenters. The van der Waals surface area contributed by atoms with Gasteiger partial charge in [0.1, 0.15) is 0 Å². The number of hydrogen-bond donors (Lipinski definition) is 0. The lowest BCUT2D eigenvalue weighted by molar-refractivity contribution is 1.18. The summed E-state index contributed by atoms with van der Waals surface area (Å²) in [7, 11) is 0. The van der Waals surface area contributed by atoms with Gasteiger partial charge in [-0.3, -0.25) is 9.97 Å². The van der Waals surface area contributed by atoms with Crippen LogP contribution < -0.4 is 0 Å². The van der Waals surface area contributed by atoms with Gasteiger partial charge in [-0.15, -0.1) is 0 Å². The van der Waals surface area contributed by atoms with Crippen LogP contribution in [0.2, 0.25) is 0 Å². The number of aromatic nitrogens is 2. The van der Waals surface area contributed by atoms with E-state index in [2.05, 4.69) is 23.8 Å². The summed E-state index contributed by atoms with van der Waals surface area (Å²) >= 11 is 0. The first-order chi connectivity index (χ1) is 6.79. The van der Waals surface area contributed by atoms with Crippen LogP contribution in [0.5, 0.6) is 0 Å².